The summed E-state index contributed by atoms with van der Waals surface area (Å²) in [5.74, 6) is 0.781. The highest BCUT2D eigenvalue weighted by molar-refractivity contribution is 14.1. The van der Waals surface area contributed by atoms with E-state index in [2.05, 4.69) is 47.8 Å². The number of nitrogens with two attached hydrogens (primary N) is 1. The van der Waals surface area contributed by atoms with Gasteiger partial charge in [-0.05, 0) is 53.1 Å². The first kappa shape index (κ1) is 14.6. The van der Waals surface area contributed by atoms with E-state index >= 15 is 0 Å². The van der Waals surface area contributed by atoms with Gasteiger partial charge in [-0.3, -0.25) is 0 Å². The summed E-state index contributed by atoms with van der Waals surface area (Å²) in [4.78, 5) is 0. The molecule has 2 nitrogen and oxygen atoms in total. The lowest BCUT2D eigenvalue weighted by Crippen LogP contribution is -2.14. The number of benzene rings is 1. The van der Waals surface area contributed by atoms with E-state index < -0.39 is 0 Å². The molecule has 0 saturated carbocycles. The highest BCUT2D eigenvalue weighted by Gasteiger charge is 2.06. The van der Waals surface area contributed by atoms with Crippen LogP contribution < -0.4 is 11.1 Å². The van der Waals surface area contributed by atoms with Crippen LogP contribution in [0.2, 0.25) is 0 Å². The van der Waals surface area contributed by atoms with Crippen molar-refractivity contribution in [3.63, 3.8) is 0 Å². The van der Waals surface area contributed by atoms with Gasteiger partial charge in [-0.25, -0.2) is 0 Å². The van der Waals surface area contributed by atoms with Gasteiger partial charge >= 0.3 is 0 Å². The molecule has 1 aromatic carbocycles. The van der Waals surface area contributed by atoms with E-state index in [1.165, 1.54) is 34.9 Å². The molecule has 96 valence electrons. The van der Waals surface area contributed by atoms with Crippen LogP contribution in [0.5, 0.6) is 0 Å². The highest BCUT2D eigenvalue weighted by Crippen LogP contribution is 2.22. The second-order valence-electron chi connectivity index (χ2n) is 4.54. The zero-order valence-corrected chi connectivity index (χ0v) is 13.0. The van der Waals surface area contributed by atoms with Crippen molar-refractivity contribution in [2.24, 2.45) is 5.92 Å². The first-order valence-electron chi connectivity index (χ1n) is 6.46. The number of nitrogen functional groups attached to an aromatic ring is 1. The molecule has 0 amide bonds. The van der Waals surface area contributed by atoms with Crippen molar-refractivity contribution in [2.45, 2.75) is 39.5 Å². The standard InChI is InChI=1S/C14H23IN2/c1-3-5-6-11(4-2)10-17-14-8-7-12(16)9-13(14)15/h7-9,11,17H,3-6,10,16H2,1-2H3. The van der Waals surface area contributed by atoms with Crippen LogP contribution in [0.25, 0.3) is 0 Å². The maximum atomic E-state index is 5.74. The van der Waals surface area contributed by atoms with Crippen molar-refractivity contribution in [1.29, 1.82) is 0 Å². The van der Waals surface area contributed by atoms with Crippen molar-refractivity contribution in [3.8, 4) is 0 Å². The zero-order valence-electron chi connectivity index (χ0n) is 10.8. The minimum atomic E-state index is 0.781. The zero-order chi connectivity index (χ0) is 12.7. The predicted molar refractivity (Wildman–Crippen MR) is 85.4 cm³/mol. The number of halogens is 1. The van der Waals surface area contributed by atoms with E-state index in [1.807, 2.05) is 12.1 Å². The topological polar surface area (TPSA) is 38.0 Å². The largest absolute Gasteiger partial charge is 0.399 e. The van der Waals surface area contributed by atoms with Crippen molar-refractivity contribution in [2.75, 3.05) is 17.6 Å². The van der Waals surface area contributed by atoms with Crippen molar-refractivity contribution < 1.29 is 0 Å². The highest BCUT2D eigenvalue weighted by atomic mass is 127. The summed E-state index contributed by atoms with van der Waals surface area (Å²) in [7, 11) is 0. The quantitative estimate of drug-likeness (QED) is 0.563. The average molecular weight is 346 g/mol. The minimum absolute atomic E-state index is 0.781. The molecule has 1 aromatic rings. The van der Waals surface area contributed by atoms with E-state index in [1.54, 1.807) is 0 Å². The molecule has 0 aromatic heterocycles. The van der Waals surface area contributed by atoms with Crippen molar-refractivity contribution in [1.82, 2.24) is 0 Å². The summed E-state index contributed by atoms with van der Waals surface area (Å²) in [6, 6.07) is 6.04. The maximum Gasteiger partial charge on any atom is 0.0477 e. The first-order valence-corrected chi connectivity index (χ1v) is 7.54. The van der Waals surface area contributed by atoms with Gasteiger partial charge in [-0.15, -0.1) is 0 Å². The van der Waals surface area contributed by atoms with E-state index in [0.29, 0.717) is 0 Å². The second kappa shape index (κ2) is 7.80. The molecule has 0 bridgehead atoms. The van der Waals surface area contributed by atoms with Gasteiger partial charge in [0.15, 0.2) is 0 Å². The van der Waals surface area contributed by atoms with E-state index in [0.717, 1.165) is 18.2 Å². The van der Waals surface area contributed by atoms with Crippen molar-refractivity contribution in [3.05, 3.63) is 21.8 Å². The van der Waals surface area contributed by atoms with Gasteiger partial charge in [0.2, 0.25) is 0 Å². The third kappa shape index (κ3) is 5.15. The molecule has 0 spiro atoms. The Balaban J connectivity index is 2.47. The second-order valence-corrected chi connectivity index (χ2v) is 5.70. The Morgan fingerprint density at radius 1 is 1.35 bits per heavy atom. The number of rotatable bonds is 7. The van der Waals surface area contributed by atoms with Gasteiger partial charge in [0.1, 0.15) is 0 Å². The molecular formula is C14H23IN2. The molecule has 1 rings (SSSR count). The Labute approximate surface area is 119 Å². The normalized spacial score (nSPS) is 12.4. The third-order valence-corrected chi connectivity index (χ3v) is 4.01. The molecule has 0 aliphatic carbocycles. The molecule has 3 N–H and O–H groups in total. The molecule has 0 aliphatic rings. The molecule has 17 heavy (non-hydrogen) atoms. The Kier molecular flexibility index (Phi) is 6.70. The molecule has 1 unspecified atom stereocenters. The molecule has 0 fully saturated rings. The first-order chi connectivity index (χ1) is 8.17. The van der Waals surface area contributed by atoms with Crippen molar-refractivity contribution >= 4 is 34.0 Å². The number of unbranched alkanes of at least 4 members (excludes halogenated alkanes) is 1. The Bertz CT molecular complexity index is 339. The van der Waals surface area contributed by atoms with Gasteiger partial charge in [0.25, 0.3) is 0 Å². The number of hydrogen-bond acceptors (Lipinski definition) is 2. The SMILES string of the molecule is CCCCC(CC)CNc1ccc(N)cc1I. The minimum Gasteiger partial charge on any atom is -0.399 e. The smallest absolute Gasteiger partial charge is 0.0477 e. The fraction of sp³-hybridized carbons (Fsp3) is 0.571. The Morgan fingerprint density at radius 3 is 2.71 bits per heavy atom. The van der Waals surface area contributed by atoms with Crippen LogP contribution in [0.15, 0.2) is 18.2 Å². The molecule has 0 aliphatic heterocycles. The lowest BCUT2D eigenvalue weighted by molar-refractivity contribution is 0.473. The lowest BCUT2D eigenvalue weighted by atomic mass is 9.99. The Hall–Kier alpha value is -0.450. The van der Waals surface area contributed by atoms with Gasteiger partial charge in [-0.1, -0.05) is 33.1 Å². The van der Waals surface area contributed by atoms with Crippen LogP contribution in [0.1, 0.15) is 39.5 Å². The molecule has 0 heterocycles. The number of nitrogens with one attached hydrogen (secondary N) is 1. The fourth-order valence-corrected chi connectivity index (χ4v) is 2.60. The number of anilines is 2. The monoisotopic (exact) mass is 346 g/mol. The number of hydrogen-bond donors (Lipinski definition) is 2. The summed E-state index contributed by atoms with van der Waals surface area (Å²) < 4.78 is 1.20. The van der Waals surface area contributed by atoms with Gasteiger partial charge in [0.05, 0.1) is 0 Å². The molecule has 3 heteroatoms. The molecule has 1 atom stereocenters. The lowest BCUT2D eigenvalue weighted by Gasteiger charge is -2.17. The summed E-state index contributed by atoms with van der Waals surface area (Å²) in [5, 5.41) is 3.54. The predicted octanol–water partition coefficient (Wildman–Crippen LogP) is 4.50. The van der Waals surface area contributed by atoms with E-state index in [-0.39, 0.29) is 0 Å². The summed E-state index contributed by atoms with van der Waals surface area (Å²) in [5.41, 5.74) is 7.78. The van der Waals surface area contributed by atoms with E-state index in [9.17, 15) is 0 Å². The van der Waals surface area contributed by atoms with Gasteiger partial charge in [0, 0.05) is 21.5 Å². The average Bonchev–Trinajstić information content (AvgIpc) is 2.31. The molecule has 0 radical (unpaired) electrons. The van der Waals surface area contributed by atoms with Gasteiger partial charge < -0.3 is 11.1 Å². The third-order valence-electron chi connectivity index (χ3n) is 3.12. The van der Waals surface area contributed by atoms with Crippen LogP contribution in [0, 0.1) is 9.49 Å². The van der Waals surface area contributed by atoms with Crippen LogP contribution >= 0.6 is 22.6 Å². The summed E-state index contributed by atoms with van der Waals surface area (Å²) >= 11 is 2.33. The molecule has 0 saturated heterocycles. The van der Waals surface area contributed by atoms with Gasteiger partial charge in [-0.2, -0.15) is 0 Å². The van der Waals surface area contributed by atoms with Crippen LogP contribution in [0.4, 0.5) is 11.4 Å². The fourth-order valence-electron chi connectivity index (χ4n) is 1.87. The summed E-state index contributed by atoms with van der Waals surface area (Å²) in [6.07, 6.45) is 5.19. The van der Waals surface area contributed by atoms with E-state index in [4.69, 9.17) is 5.73 Å². The Morgan fingerprint density at radius 2 is 2.12 bits per heavy atom. The summed E-state index contributed by atoms with van der Waals surface area (Å²) in [6.45, 7) is 5.59. The van der Waals surface area contributed by atoms with Crippen LogP contribution in [-0.2, 0) is 0 Å². The molecular weight excluding hydrogens is 323 g/mol. The maximum absolute atomic E-state index is 5.74. The van der Waals surface area contributed by atoms with Crippen LogP contribution in [0.3, 0.4) is 0 Å². The van der Waals surface area contributed by atoms with Crippen LogP contribution in [-0.4, -0.2) is 6.54 Å².